The van der Waals surface area contributed by atoms with Crippen molar-refractivity contribution in [3.05, 3.63) is 23.0 Å². The van der Waals surface area contributed by atoms with E-state index >= 15 is 0 Å². The van der Waals surface area contributed by atoms with Gasteiger partial charge in [0.25, 0.3) is 0 Å². The van der Waals surface area contributed by atoms with E-state index in [1.807, 2.05) is 0 Å². The lowest BCUT2D eigenvalue weighted by Crippen LogP contribution is -2.07. The summed E-state index contributed by atoms with van der Waals surface area (Å²) in [4.78, 5) is 0. The molecule has 2 aliphatic rings. The highest BCUT2D eigenvalue weighted by Gasteiger charge is 2.29. The fraction of sp³-hybridized carbons (Fsp3) is 0.556. The van der Waals surface area contributed by atoms with Gasteiger partial charge in [-0.15, -0.1) is 0 Å². The molecule has 10 heavy (non-hydrogen) atoms. The van der Waals surface area contributed by atoms with Crippen LogP contribution in [-0.4, -0.2) is 12.3 Å². The average Bonchev–Trinajstić information content (AvgIpc) is 2.26. The summed E-state index contributed by atoms with van der Waals surface area (Å²) < 4.78 is 0. The predicted molar refractivity (Wildman–Crippen MR) is 47.7 cm³/mol. The molecule has 1 heteroatoms. The van der Waals surface area contributed by atoms with E-state index < -0.39 is 0 Å². The Morgan fingerprint density at radius 1 is 1.50 bits per heavy atom. The normalized spacial score (nSPS) is 28.7. The van der Waals surface area contributed by atoms with Crippen molar-refractivity contribution in [2.45, 2.75) is 19.8 Å². The molecule has 1 unspecified atom stereocenters. The number of hydrogen-bond donors (Lipinski definition) is 0. The largest absolute Gasteiger partial charge is 0.0765 e. The number of fused-ring (bicyclic) bond motifs is 1. The van der Waals surface area contributed by atoms with E-state index in [4.69, 9.17) is 0 Å². The first-order valence-electron chi connectivity index (χ1n) is 4.06. The number of rotatable bonds is 2. The summed E-state index contributed by atoms with van der Waals surface area (Å²) >= 11 is 0. The second kappa shape index (κ2) is 2.51. The monoisotopic (exact) mass is 152 g/mol. The Bertz CT molecular complexity index is 201. The Morgan fingerprint density at radius 3 is 3.10 bits per heavy atom. The summed E-state index contributed by atoms with van der Waals surface area (Å²) in [5, 5.41) is 1.75. The first kappa shape index (κ1) is 6.61. The van der Waals surface area contributed by atoms with Crippen molar-refractivity contribution in [3.63, 3.8) is 0 Å². The summed E-state index contributed by atoms with van der Waals surface area (Å²) in [5.41, 5.74) is 1.68. The van der Waals surface area contributed by atoms with Gasteiger partial charge in [-0.1, -0.05) is 33.4 Å². The van der Waals surface area contributed by atoms with E-state index in [-0.39, 0.29) is 0 Å². The fourth-order valence-corrected chi connectivity index (χ4v) is 4.19. The van der Waals surface area contributed by atoms with Gasteiger partial charge in [-0.2, -0.15) is 0 Å². The smallest absolute Gasteiger partial charge is 0.00296 e. The Kier molecular flexibility index (Phi) is 1.66. The molecule has 0 nitrogen and oxygen atoms in total. The van der Waals surface area contributed by atoms with E-state index in [2.05, 4.69) is 19.1 Å². The van der Waals surface area contributed by atoms with E-state index in [1.165, 1.54) is 25.2 Å². The third-order valence-corrected chi connectivity index (χ3v) is 5.06. The molecule has 0 aromatic carbocycles. The van der Waals surface area contributed by atoms with Gasteiger partial charge < -0.3 is 0 Å². The lowest BCUT2D eigenvalue weighted by Gasteiger charge is -2.31. The van der Waals surface area contributed by atoms with Crippen LogP contribution < -0.4 is 0 Å². The minimum absolute atomic E-state index is 0.355. The molecule has 1 aliphatic heterocycles. The third-order valence-electron chi connectivity index (χ3n) is 2.20. The molecule has 0 spiro atoms. The van der Waals surface area contributed by atoms with E-state index in [9.17, 15) is 0 Å². The molecule has 0 aromatic rings. The van der Waals surface area contributed by atoms with Crippen LogP contribution in [0.2, 0.25) is 0 Å². The fourth-order valence-electron chi connectivity index (χ4n) is 1.70. The van der Waals surface area contributed by atoms with E-state index in [1.54, 1.807) is 10.9 Å². The summed E-state index contributed by atoms with van der Waals surface area (Å²) in [5.74, 6) is 0. The number of allylic oxidation sites excluding steroid dienone is 4. The Hall–Kier alpha value is -0.0900. The molecule has 0 amide bonds. The van der Waals surface area contributed by atoms with Gasteiger partial charge in [0, 0.05) is 0 Å². The van der Waals surface area contributed by atoms with Crippen LogP contribution in [-0.2, 0) is 0 Å². The van der Waals surface area contributed by atoms with Crippen molar-refractivity contribution in [2.75, 3.05) is 12.3 Å². The molecule has 1 atom stereocenters. The maximum Gasteiger partial charge on any atom is -0.00296 e. The molecular weight excluding hydrogens is 139 g/mol. The van der Waals surface area contributed by atoms with Gasteiger partial charge >= 0.3 is 0 Å². The van der Waals surface area contributed by atoms with Crippen LogP contribution in [0, 0.1) is 0 Å². The Morgan fingerprint density at radius 2 is 2.40 bits per heavy atom. The molecule has 0 radical (unpaired) electrons. The van der Waals surface area contributed by atoms with Crippen molar-refractivity contribution in [1.29, 1.82) is 0 Å². The van der Waals surface area contributed by atoms with Gasteiger partial charge in [-0.05, 0) is 29.6 Å². The van der Waals surface area contributed by atoms with Gasteiger partial charge in [0.15, 0.2) is 0 Å². The Balaban J connectivity index is 2.01. The summed E-state index contributed by atoms with van der Waals surface area (Å²) in [6.07, 6.45) is 10.3. The minimum Gasteiger partial charge on any atom is -0.0765 e. The Labute approximate surface area is 63.8 Å². The second-order valence-electron chi connectivity index (χ2n) is 2.98. The molecule has 2 rings (SSSR count). The van der Waals surface area contributed by atoms with Gasteiger partial charge in [0.05, 0.1) is 0 Å². The number of hydrogen-bond acceptors (Lipinski definition) is 0. The molecule has 1 saturated heterocycles. The highest BCUT2D eigenvalue weighted by molar-refractivity contribution is 7.65. The maximum absolute atomic E-state index is 2.43. The van der Waals surface area contributed by atoms with E-state index in [0.717, 1.165) is 0 Å². The minimum atomic E-state index is 0.355. The molecule has 0 aromatic heterocycles. The van der Waals surface area contributed by atoms with Crippen LogP contribution in [0.15, 0.2) is 23.0 Å². The molecule has 54 valence electrons. The van der Waals surface area contributed by atoms with Crippen LogP contribution in [0.1, 0.15) is 19.8 Å². The molecule has 1 fully saturated rings. The lowest BCUT2D eigenvalue weighted by molar-refractivity contribution is 1.09. The highest BCUT2D eigenvalue weighted by atomic mass is 31.1. The van der Waals surface area contributed by atoms with Crippen molar-refractivity contribution < 1.29 is 0 Å². The third kappa shape index (κ3) is 0.864. The quantitative estimate of drug-likeness (QED) is 0.533. The van der Waals surface area contributed by atoms with Crippen LogP contribution in [0.5, 0.6) is 0 Å². The zero-order valence-corrected chi connectivity index (χ0v) is 7.32. The summed E-state index contributed by atoms with van der Waals surface area (Å²) in [6, 6.07) is 0. The van der Waals surface area contributed by atoms with Crippen molar-refractivity contribution in [2.24, 2.45) is 0 Å². The average molecular weight is 152 g/mol. The molecule has 0 saturated carbocycles. The summed E-state index contributed by atoms with van der Waals surface area (Å²) in [7, 11) is 0.355. The lowest BCUT2D eigenvalue weighted by atomic mass is 10.3. The standard InChI is InChI=1S/C9H13P/c1-2-6-10-7-8-4-3-5-9(8)10/h4-5H,2-3,6-7H2,1H3. The highest BCUT2D eigenvalue weighted by Crippen LogP contribution is 2.62. The van der Waals surface area contributed by atoms with Crippen molar-refractivity contribution in [1.82, 2.24) is 0 Å². The van der Waals surface area contributed by atoms with Crippen LogP contribution >= 0.6 is 7.92 Å². The first-order chi connectivity index (χ1) is 4.92. The molecule has 1 heterocycles. The SMILES string of the molecule is CCCP1CC2=CCC=C21. The topological polar surface area (TPSA) is 0 Å². The first-order valence-corrected chi connectivity index (χ1v) is 5.77. The van der Waals surface area contributed by atoms with Gasteiger partial charge in [0.1, 0.15) is 0 Å². The molecular formula is C9H13P. The zero-order chi connectivity index (χ0) is 6.97. The van der Waals surface area contributed by atoms with Crippen LogP contribution in [0.25, 0.3) is 0 Å². The maximum atomic E-state index is 2.43. The van der Waals surface area contributed by atoms with Crippen molar-refractivity contribution >= 4 is 7.92 Å². The van der Waals surface area contributed by atoms with Crippen LogP contribution in [0.3, 0.4) is 0 Å². The van der Waals surface area contributed by atoms with Crippen molar-refractivity contribution in [3.8, 4) is 0 Å². The molecule has 0 N–H and O–H groups in total. The van der Waals surface area contributed by atoms with Gasteiger partial charge in [-0.3, -0.25) is 0 Å². The van der Waals surface area contributed by atoms with E-state index in [0.29, 0.717) is 7.92 Å². The van der Waals surface area contributed by atoms with Crippen LogP contribution in [0.4, 0.5) is 0 Å². The molecule has 0 bridgehead atoms. The molecule has 1 aliphatic carbocycles. The summed E-state index contributed by atoms with van der Waals surface area (Å²) in [6.45, 7) is 2.29. The second-order valence-corrected chi connectivity index (χ2v) is 5.30. The van der Waals surface area contributed by atoms with Gasteiger partial charge in [0.2, 0.25) is 0 Å². The predicted octanol–water partition coefficient (Wildman–Crippen LogP) is 3.11. The van der Waals surface area contributed by atoms with Gasteiger partial charge in [-0.25, -0.2) is 0 Å². The zero-order valence-electron chi connectivity index (χ0n) is 6.43.